The molecule has 3 rings (SSSR count). The van der Waals surface area contributed by atoms with Crippen molar-refractivity contribution in [1.82, 2.24) is 24.2 Å². The molecule has 3 heterocycles. The van der Waals surface area contributed by atoms with Crippen molar-refractivity contribution in [3.63, 3.8) is 0 Å². The summed E-state index contributed by atoms with van der Waals surface area (Å²) in [5.74, 6) is 1.20. The Bertz CT molecular complexity index is 742. The van der Waals surface area contributed by atoms with Crippen LogP contribution in [0.2, 0.25) is 0 Å². The highest BCUT2D eigenvalue weighted by Crippen LogP contribution is 2.32. The van der Waals surface area contributed by atoms with Gasteiger partial charge in [-0.2, -0.15) is 4.31 Å². The van der Waals surface area contributed by atoms with Crippen molar-refractivity contribution in [3.05, 3.63) is 30.0 Å². The number of hydrogen-bond acceptors (Lipinski definition) is 5. The number of aromatic nitrogens is 4. The van der Waals surface area contributed by atoms with Crippen molar-refractivity contribution in [3.8, 4) is 11.5 Å². The topological polar surface area (TPSA) is 91.8 Å². The van der Waals surface area contributed by atoms with Gasteiger partial charge in [-0.15, -0.1) is 0 Å². The van der Waals surface area contributed by atoms with Crippen LogP contribution < -0.4 is 0 Å². The molecule has 112 valence electrons. The van der Waals surface area contributed by atoms with Gasteiger partial charge in [-0.25, -0.2) is 23.4 Å². The Balaban J connectivity index is 2.03. The monoisotopic (exact) mass is 307 g/mol. The molecule has 21 heavy (non-hydrogen) atoms. The molecule has 0 unspecified atom stereocenters. The van der Waals surface area contributed by atoms with Crippen LogP contribution >= 0.6 is 0 Å². The van der Waals surface area contributed by atoms with E-state index in [4.69, 9.17) is 0 Å². The summed E-state index contributed by atoms with van der Waals surface area (Å²) in [7, 11) is -3.25. The molecule has 0 aliphatic carbocycles. The second-order valence-corrected chi connectivity index (χ2v) is 7.16. The van der Waals surface area contributed by atoms with E-state index in [1.807, 2.05) is 13.0 Å². The molecular formula is C13H17N5O2S. The third-order valence-corrected chi connectivity index (χ3v) is 4.83. The number of aromatic amines is 1. The van der Waals surface area contributed by atoms with Crippen LogP contribution in [-0.4, -0.2) is 45.5 Å². The number of nitrogens with one attached hydrogen (secondary N) is 1. The smallest absolute Gasteiger partial charge is 0.211 e. The largest absolute Gasteiger partial charge is 0.343 e. The zero-order valence-electron chi connectivity index (χ0n) is 11.9. The van der Waals surface area contributed by atoms with E-state index in [9.17, 15) is 8.42 Å². The molecule has 0 amide bonds. The van der Waals surface area contributed by atoms with Gasteiger partial charge in [0, 0.05) is 24.6 Å². The maximum absolute atomic E-state index is 11.9. The van der Waals surface area contributed by atoms with Crippen LogP contribution in [0.5, 0.6) is 0 Å². The first-order valence-corrected chi connectivity index (χ1v) is 8.62. The van der Waals surface area contributed by atoms with Crippen LogP contribution in [-0.2, 0) is 10.0 Å². The maximum Gasteiger partial charge on any atom is 0.211 e. The van der Waals surface area contributed by atoms with E-state index in [1.165, 1.54) is 10.6 Å². The predicted molar refractivity (Wildman–Crippen MR) is 77.9 cm³/mol. The Morgan fingerprint density at radius 3 is 2.86 bits per heavy atom. The molecule has 1 aliphatic heterocycles. The lowest BCUT2D eigenvalue weighted by molar-refractivity contribution is 0.386. The molecule has 1 atom stereocenters. The van der Waals surface area contributed by atoms with E-state index in [-0.39, 0.29) is 6.04 Å². The molecule has 0 saturated carbocycles. The van der Waals surface area contributed by atoms with Crippen LogP contribution in [0.4, 0.5) is 0 Å². The minimum atomic E-state index is -3.25. The number of imidazole rings is 1. The predicted octanol–water partition coefficient (Wildman–Crippen LogP) is 1.27. The fraction of sp³-hybridized carbons (Fsp3) is 0.462. The molecule has 1 fully saturated rings. The molecule has 8 heteroatoms. The van der Waals surface area contributed by atoms with Crippen LogP contribution in [0.1, 0.15) is 30.4 Å². The fourth-order valence-corrected chi connectivity index (χ4v) is 3.79. The minimum absolute atomic E-state index is 0.284. The average Bonchev–Trinajstić information content (AvgIpc) is 3.09. The quantitative estimate of drug-likeness (QED) is 0.922. The van der Waals surface area contributed by atoms with E-state index in [0.717, 1.165) is 18.5 Å². The first kappa shape index (κ1) is 14.2. The van der Waals surface area contributed by atoms with Crippen LogP contribution in [0.3, 0.4) is 0 Å². The van der Waals surface area contributed by atoms with Crippen LogP contribution in [0, 0.1) is 6.92 Å². The zero-order valence-corrected chi connectivity index (χ0v) is 12.8. The van der Waals surface area contributed by atoms with Gasteiger partial charge < -0.3 is 4.98 Å². The van der Waals surface area contributed by atoms with E-state index in [2.05, 4.69) is 19.9 Å². The average molecular weight is 307 g/mol. The first-order chi connectivity index (χ1) is 9.95. The molecule has 1 saturated heterocycles. The summed E-state index contributed by atoms with van der Waals surface area (Å²) in [6.45, 7) is 2.40. The number of aryl methyl sites for hydroxylation is 1. The second-order valence-electron chi connectivity index (χ2n) is 5.22. The molecule has 0 spiro atoms. The van der Waals surface area contributed by atoms with Gasteiger partial charge in [0.05, 0.1) is 12.3 Å². The standard InChI is InChI=1S/C13H17N5O2S/c1-9-8-10(12-14-5-6-15-12)17-13(16-9)11-4-3-7-18(11)21(2,19)20/h5-6,8,11H,3-4,7H2,1-2H3,(H,14,15)/t11-/m1/s1. The molecule has 0 aromatic carbocycles. The van der Waals surface area contributed by atoms with Crippen molar-refractivity contribution in [2.45, 2.75) is 25.8 Å². The Morgan fingerprint density at radius 2 is 2.19 bits per heavy atom. The Morgan fingerprint density at radius 1 is 1.38 bits per heavy atom. The summed E-state index contributed by atoms with van der Waals surface area (Å²) in [6.07, 6.45) is 6.18. The van der Waals surface area contributed by atoms with E-state index in [1.54, 1.807) is 12.4 Å². The molecule has 0 radical (unpaired) electrons. The molecule has 0 bridgehead atoms. The lowest BCUT2D eigenvalue weighted by Crippen LogP contribution is -2.30. The maximum atomic E-state index is 11.9. The van der Waals surface area contributed by atoms with Crippen LogP contribution in [0.25, 0.3) is 11.5 Å². The molecule has 1 aliphatic rings. The minimum Gasteiger partial charge on any atom is -0.343 e. The summed E-state index contributed by atoms with van der Waals surface area (Å²) >= 11 is 0. The summed E-state index contributed by atoms with van der Waals surface area (Å²) in [6, 6.07) is 1.55. The van der Waals surface area contributed by atoms with Crippen molar-refractivity contribution in [1.29, 1.82) is 0 Å². The summed E-state index contributed by atoms with van der Waals surface area (Å²) < 4.78 is 25.2. The highest BCUT2D eigenvalue weighted by atomic mass is 32.2. The highest BCUT2D eigenvalue weighted by molar-refractivity contribution is 7.88. The highest BCUT2D eigenvalue weighted by Gasteiger charge is 2.34. The molecule has 7 nitrogen and oxygen atoms in total. The van der Waals surface area contributed by atoms with Crippen molar-refractivity contribution < 1.29 is 8.42 Å². The van der Waals surface area contributed by atoms with Gasteiger partial charge in [0.25, 0.3) is 0 Å². The van der Waals surface area contributed by atoms with Gasteiger partial charge >= 0.3 is 0 Å². The van der Waals surface area contributed by atoms with Gasteiger partial charge in [0.2, 0.25) is 10.0 Å². The van der Waals surface area contributed by atoms with E-state index >= 15 is 0 Å². The Kier molecular flexibility index (Phi) is 3.50. The van der Waals surface area contributed by atoms with Crippen molar-refractivity contribution in [2.75, 3.05) is 12.8 Å². The second kappa shape index (κ2) is 5.19. The Labute approximate surface area is 123 Å². The van der Waals surface area contributed by atoms with Crippen molar-refractivity contribution in [2.24, 2.45) is 0 Å². The summed E-state index contributed by atoms with van der Waals surface area (Å²) in [4.78, 5) is 16.1. The fourth-order valence-electron chi connectivity index (χ4n) is 2.66. The number of nitrogens with zero attached hydrogens (tertiary/aromatic N) is 4. The van der Waals surface area contributed by atoms with Gasteiger partial charge in [-0.05, 0) is 25.8 Å². The molecule has 2 aromatic rings. The van der Waals surface area contributed by atoms with Gasteiger partial charge in [0.1, 0.15) is 11.5 Å². The van der Waals surface area contributed by atoms with Crippen LogP contribution in [0.15, 0.2) is 18.5 Å². The number of rotatable bonds is 3. The molecular weight excluding hydrogens is 290 g/mol. The number of hydrogen-bond donors (Lipinski definition) is 1. The summed E-state index contributed by atoms with van der Waals surface area (Å²) in [5, 5.41) is 0. The molecule has 2 aromatic heterocycles. The molecule has 1 N–H and O–H groups in total. The van der Waals surface area contributed by atoms with E-state index in [0.29, 0.717) is 23.9 Å². The van der Waals surface area contributed by atoms with Gasteiger partial charge in [-0.3, -0.25) is 0 Å². The number of H-pyrrole nitrogens is 1. The Hall–Kier alpha value is -1.80. The normalized spacial score (nSPS) is 20.0. The lowest BCUT2D eigenvalue weighted by Gasteiger charge is -2.21. The SMILES string of the molecule is Cc1cc(-c2ncc[nH]2)nc([C@H]2CCCN2S(C)(=O)=O)n1. The number of sulfonamides is 1. The first-order valence-electron chi connectivity index (χ1n) is 6.77. The van der Waals surface area contributed by atoms with Crippen molar-refractivity contribution >= 4 is 10.0 Å². The van der Waals surface area contributed by atoms with Gasteiger partial charge in [-0.1, -0.05) is 0 Å². The summed E-state index contributed by atoms with van der Waals surface area (Å²) in [5.41, 5.74) is 1.48. The third kappa shape index (κ3) is 2.81. The van der Waals surface area contributed by atoms with E-state index < -0.39 is 10.0 Å². The third-order valence-electron chi connectivity index (χ3n) is 3.54. The zero-order chi connectivity index (χ0) is 15.0. The lowest BCUT2D eigenvalue weighted by atomic mass is 10.2. The van der Waals surface area contributed by atoms with Gasteiger partial charge in [0.15, 0.2) is 5.82 Å².